The molecule has 102 valence electrons. The van der Waals surface area contributed by atoms with Gasteiger partial charge in [-0.05, 0) is 32.0 Å². The van der Waals surface area contributed by atoms with Crippen molar-refractivity contribution in [2.75, 3.05) is 32.0 Å². The number of nitrogens with zero attached hydrogens (tertiary/aromatic N) is 1. The Morgan fingerprint density at radius 1 is 1.33 bits per heavy atom. The third kappa shape index (κ3) is 3.39. The molecule has 0 fully saturated rings. The van der Waals surface area contributed by atoms with Crippen LogP contribution >= 0.6 is 12.2 Å². The molecule has 4 heteroatoms. The lowest BCUT2D eigenvalue weighted by atomic mass is 9.83. The second kappa shape index (κ2) is 5.93. The van der Waals surface area contributed by atoms with E-state index in [4.69, 9.17) is 12.2 Å². The Balaban J connectivity index is 2.57. The molecule has 0 radical (unpaired) electrons. The van der Waals surface area contributed by atoms with Crippen LogP contribution in [0.5, 0.6) is 0 Å². The van der Waals surface area contributed by atoms with Gasteiger partial charge in [0, 0.05) is 12.1 Å². The van der Waals surface area contributed by atoms with Gasteiger partial charge in [0.2, 0.25) is 5.43 Å². The van der Waals surface area contributed by atoms with Crippen LogP contribution in [-0.4, -0.2) is 31.6 Å². The molecule has 1 aromatic rings. The van der Waals surface area contributed by atoms with Crippen molar-refractivity contribution >= 4 is 17.9 Å². The maximum absolute atomic E-state index is 11.7. The van der Waals surface area contributed by atoms with E-state index >= 15 is 0 Å². The predicted octanol–water partition coefficient (Wildman–Crippen LogP) is 2.70. The van der Waals surface area contributed by atoms with Gasteiger partial charge in [-0.2, -0.15) is 0 Å². The minimum absolute atomic E-state index is 0.0128. The van der Waals surface area contributed by atoms with Gasteiger partial charge in [-0.15, -0.1) is 0 Å². The lowest BCUT2D eigenvalue weighted by Crippen LogP contribution is -2.30. The van der Waals surface area contributed by atoms with E-state index < -0.39 is 0 Å². The van der Waals surface area contributed by atoms with Crippen molar-refractivity contribution in [2.45, 2.75) is 39.5 Å². The molecule has 0 aliphatic carbocycles. The predicted molar refractivity (Wildman–Crippen MR) is 80.9 cm³/mol. The Bertz CT molecular complexity index is 467. The zero-order valence-electron chi connectivity index (χ0n) is 12.1. The highest BCUT2D eigenvalue weighted by atomic mass is 32.1. The molecule has 0 atom stereocenters. The molecule has 0 aliphatic rings. The van der Waals surface area contributed by atoms with Gasteiger partial charge in [-0.3, -0.25) is 4.79 Å². The molecule has 0 spiro atoms. The minimum atomic E-state index is -0.0481. The summed E-state index contributed by atoms with van der Waals surface area (Å²) in [4.78, 5) is 14.0. The largest absolute Gasteiger partial charge is 0.382 e. The number of anilines is 1. The van der Waals surface area contributed by atoms with Crippen LogP contribution in [0, 0.1) is 4.51 Å². The van der Waals surface area contributed by atoms with Gasteiger partial charge >= 0.3 is 0 Å². The van der Waals surface area contributed by atoms with Crippen molar-refractivity contribution in [2.24, 2.45) is 0 Å². The normalized spacial score (nSPS) is 12.3. The summed E-state index contributed by atoms with van der Waals surface area (Å²) < 4.78 is 0.510. The first-order valence-corrected chi connectivity index (χ1v) is 6.96. The lowest BCUT2D eigenvalue weighted by Gasteiger charge is -2.25. The van der Waals surface area contributed by atoms with Crippen molar-refractivity contribution in [1.82, 2.24) is 4.90 Å². The van der Waals surface area contributed by atoms with Crippen LogP contribution in [0.3, 0.4) is 0 Å². The van der Waals surface area contributed by atoms with E-state index in [0.29, 0.717) is 4.51 Å². The molecule has 0 saturated carbocycles. The van der Waals surface area contributed by atoms with Crippen LogP contribution in [0.15, 0.2) is 4.79 Å². The van der Waals surface area contributed by atoms with Crippen LogP contribution in [0.4, 0.5) is 5.69 Å². The van der Waals surface area contributed by atoms with Gasteiger partial charge in [0.25, 0.3) is 0 Å². The van der Waals surface area contributed by atoms with E-state index in [1.807, 2.05) is 0 Å². The molecular formula is C14H24N2OS. The Hall–Kier alpha value is -0.740. The Labute approximate surface area is 115 Å². The molecule has 18 heavy (non-hydrogen) atoms. The summed E-state index contributed by atoms with van der Waals surface area (Å²) in [6.07, 6.45) is 1.03. The summed E-state index contributed by atoms with van der Waals surface area (Å²) in [6.45, 7) is 11.3. The smallest absolute Gasteiger partial charge is 0.220 e. The standard InChI is InChI=1S/C14H24N2OS/c1-6-16(5)9-7-8-15-11-10(14(2,3)4)13(18)12(11)17/h15H,6-9H2,1-5H3. The average molecular weight is 268 g/mol. The van der Waals surface area contributed by atoms with Gasteiger partial charge in [-0.25, -0.2) is 0 Å². The molecule has 0 aromatic heterocycles. The van der Waals surface area contributed by atoms with Crippen LogP contribution < -0.4 is 10.7 Å². The second-order valence-electron chi connectivity index (χ2n) is 5.83. The zero-order chi connectivity index (χ0) is 13.9. The number of hydrogen-bond acceptors (Lipinski definition) is 4. The van der Waals surface area contributed by atoms with Crippen LogP contribution in [-0.2, 0) is 5.41 Å². The summed E-state index contributed by atoms with van der Waals surface area (Å²) in [5.74, 6) is 0. The van der Waals surface area contributed by atoms with Crippen molar-refractivity contribution in [3.63, 3.8) is 0 Å². The molecule has 0 aliphatic heterocycles. The monoisotopic (exact) mass is 268 g/mol. The van der Waals surface area contributed by atoms with E-state index in [1.54, 1.807) is 0 Å². The van der Waals surface area contributed by atoms with Crippen LogP contribution in [0.25, 0.3) is 0 Å². The molecule has 1 N–H and O–H groups in total. The molecule has 1 rings (SSSR count). The molecule has 0 saturated heterocycles. The number of rotatable bonds is 6. The van der Waals surface area contributed by atoms with Crippen molar-refractivity contribution < 1.29 is 0 Å². The fourth-order valence-electron chi connectivity index (χ4n) is 2.00. The summed E-state index contributed by atoms with van der Waals surface area (Å²) >= 11 is 5.14. The molecular weight excluding hydrogens is 244 g/mol. The zero-order valence-corrected chi connectivity index (χ0v) is 12.9. The third-order valence-electron chi connectivity index (χ3n) is 3.22. The average Bonchev–Trinajstić information content (AvgIpc) is 2.29. The first-order valence-electron chi connectivity index (χ1n) is 6.55. The van der Waals surface area contributed by atoms with Crippen molar-refractivity contribution in [3.8, 4) is 0 Å². The van der Waals surface area contributed by atoms with Gasteiger partial charge in [0.05, 0.1) is 10.2 Å². The first-order chi connectivity index (χ1) is 8.29. The van der Waals surface area contributed by atoms with Crippen LogP contribution in [0.2, 0.25) is 0 Å². The Morgan fingerprint density at radius 3 is 2.44 bits per heavy atom. The molecule has 0 heterocycles. The van der Waals surface area contributed by atoms with E-state index in [1.165, 1.54) is 0 Å². The van der Waals surface area contributed by atoms with Crippen LogP contribution in [0.1, 0.15) is 39.7 Å². The Morgan fingerprint density at radius 2 is 1.94 bits per heavy atom. The van der Waals surface area contributed by atoms with E-state index in [2.05, 4.69) is 45.0 Å². The van der Waals surface area contributed by atoms with E-state index in [-0.39, 0.29) is 10.8 Å². The van der Waals surface area contributed by atoms with Crippen molar-refractivity contribution in [1.29, 1.82) is 0 Å². The molecule has 1 aromatic carbocycles. The van der Waals surface area contributed by atoms with Gasteiger partial charge in [-0.1, -0.05) is 39.9 Å². The summed E-state index contributed by atoms with van der Waals surface area (Å²) in [6, 6.07) is 0. The fourth-order valence-corrected chi connectivity index (χ4v) is 2.51. The minimum Gasteiger partial charge on any atom is -0.382 e. The van der Waals surface area contributed by atoms with Crippen molar-refractivity contribution in [3.05, 3.63) is 20.3 Å². The maximum Gasteiger partial charge on any atom is 0.220 e. The van der Waals surface area contributed by atoms with Gasteiger partial charge in [0.1, 0.15) is 0 Å². The summed E-state index contributed by atoms with van der Waals surface area (Å²) in [5, 5.41) is 3.25. The molecule has 3 nitrogen and oxygen atoms in total. The quantitative estimate of drug-likeness (QED) is 0.635. The summed E-state index contributed by atoms with van der Waals surface area (Å²) in [7, 11) is 2.10. The van der Waals surface area contributed by atoms with Gasteiger partial charge in [0.15, 0.2) is 0 Å². The lowest BCUT2D eigenvalue weighted by molar-refractivity contribution is 0.351. The van der Waals surface area contributed by atoms with E-state index in [0.717, 1.165) is 37.3 Å². The third-order valence-corrected chi connectivity index (χ3v) is 3.61. The van der Waals surface area contributed by atoms with E-state index in [9.17, 15) is 4.79 Å². The molecule has 0 amide bonds. The fraction of sp³-hybridized carbons (Fsp3) is 0.714. The second-order valence-corrected chi connectivity index (χ2v) is 6.24. The number of hydrogen-bond donors (Lipinski definition) is 1. The summed E-state index contributed by atoms with van der Waals surface area (Å²) in [5.41, 5.74) is 1.73. The van der Waals surface area contributed by atoms with Gasteiger partial charge < -0.3 is 10.2 Å². The number of nitrogens with one attached hydrogen (secondary N) is 1. The highest BCUT2D eigenvalue weighted by Gasteiger charge is 2.27. The first kappa shape index (κ1) is 15.3. The molecule has 0 bridgehead atoms. The molecule has 0 unspecified atom stereocenters. The highest BCUT2D eigenvalue weighted by Crippen LogP contribution is 2.30. The maximum atomic E-state index is 11.7. The topological polar surface area (TPSA) is 32.3 Å². The SMILES string of the molecule is CCN(C)CCCNc1c(C(C)(C)C)c(=S)c1=O. The highest BCUT2D eigenvalue weighted by molar-refractivity contribution is 7.71. The Kier molecular flexibility index (Phi) is 5.05.